The Morgan fingerprint density at radius 3 is 2.44 bits per heavy atom. The summed E-state index contributed by atoms with van der Waals surface area (Å²) < 4.78 is 0. The summed E-state index contributed by atoms with van der Waals surface area (Å²) in [7, 11) is 0. The molecule has 3 heteroatoms. The van der Waals surface area contributed by atoms with E-state index in [-0.39, 0.29) is 5.41 Å². The zero-order valence-corrected chi connectivity index (χ0v) is 11.4. The monoisotopic (exact) mass is 276 g/mol. The molecule has 0 atom stereocenters. The zero-order valence-electron chi connectivity index (χ0n) is 9.11. The Balaban J connectivity index is 2.22. The van der Waals surface area contributed by atoms with Gasteiger partial charge in [-0.05, 0) is 36.3 Å². The summed E-state index contributed by atoms with van der Waals surface area (Å²) in [6, 6.07) is 5.84. The van der Waals surface area contributed by atoms with E-state index in [1.54, 1.807) is 0 Å². The highest BCUT2D eigenvalue weighted by atomic mass is 35.5. The van der Waals surface area contributed by atoms with Crippen molar-refractivity contribution in [2.24, 2.45) is 5.41 Å². The highest BCUT2D eigenvalue weighted by Crippen LogP contribution is 2.43. The van der Waals surface area contributed by atoms with Gasteiger partial charge in [-0.25, -0.2) is 0 Å². The first kappa shape index (κ1) is 12.5. The van der Waals surface area contributed by atoms with Gasteiger partial charge in [-0.2, -0.15) is 0 Å². The lowest BCUT2D eigenvalue weighted by atomic mass is 9.82. The van der Waals surface area contributed by atoms with Crippen molar-refractivity contribution in [1.82, 2.24) is 0 Å². The predicted octanol–water partition coefficient (Wildman–Crippen LogP) is 5.34. The summed E-state index contributed by atoms with van der Waals surface area (Å²) in [5.41, 5.74) is 1.38. The number of benzene rings is 1. The molecule has 0 nitrogen and oxygen atoms in total. The molecule has 0 bridgehead atoms. The molecule has 0 N–H and O–H groups in total. The van der Waals surface area contributed by atoms with E-state index in [0.29, 0.717) is 10.0 Å². The molecule has 0 aliphatic heterocycles. The Morgan fingerprint density at radius 1 is 1.12 bits per heavy atom. The Bertz CT molecular complexity index is 367. The van der Waals surface area contributed by atoms with Gasteiger partial charge in [0.2, 0.25) is 0 Å². The van der Waals surface area contributed by atoms with E-state index in [0.717, 1.165) is 17.9 Å². The van der Waals surface area contributed by atoms with Crippen LogP contribution in [0.1, 0.15) is 31.2 Å². The van der Waals surface area contributed by atoms with Gasteiger partial charge in [0.25, 0.3) is 0 Å². The van der Waals surface area contributed by atoms with E-state index >= 15 is 0 Å². The predicted molar refractivity (Wildman–Crippen MR) is 71.8 cm³/mol. The Morgan fingerprint density at radius 2 is 1.81 bits per heavy atom. The maximum atomic E-state index is 6.22. The molecule has 1 fully saturated rings. The van der Waals surface area contributed by atoms with Gasteiger partial charge in [-0.1, -0.05) is 48.2 Å². The molecule has 0 saturated heterocycles. The van der Waals surface area contributed by atoms with Gasteiger partial charge in [0.05, 0.1) is 10.0 Å². The molecule has 1 saturated carbocycles. The van der Waals surface area contributed by atoms with Crippen LogP contribution < -0.4 is 0 Å². The number of halogens is 3. The van der Waals surface area contributed by atoms with Crippen molar-refractivity contribution in [1.29, 1.82) is 0 Å². The van der Waals surface area contributed by atoms with Gasteiger partial charge in [0.15, 0.2) is 0 Å². The van der Waals surface area contributed by atoms with Crippen molar-refractivity contribution < 1.29 is 0 Å². The first-order chi connectivity index (χ1) is 7.67. The molecular formula is C13H15Cl3. The lowest BCUT2D eigenvalue weighted by Gasteiger charge is -2.26. The molecule has 0 radical (unpaired) electrons. The van der Waals surface area contributed by atoms with Gasteiger partial charge in [-0.15, -0.1) is 11.6 Å². The van der Waals surface area contributed by atoms with Gasteiger partial charge < -0.3 is 0 Å². The third-order valence-corrected chi connectivity index (χ3v) is 4.97. The Kier molecular flexibility index (Phi) is 4.05. The lowest BCUT2D eigenvalue weighted by Crippen LogP contribution is -2.21. The van der Waals surface area contributed by atoms with Crippen LogP contribution >= 0.6 is 34.8 Å². The van der Waals surface area contributed by atoms with Crippen molar-refractivity contribution in [2.75, 3.05) is 5.88 Å². The molecule has 1 aliphatic rings. The quantitative estimate of drug-likeness (QED) is 0.655. The van der Waals surface area contributed by atoms with Gasteiger partial charge >= 0.3 is 0 Å². The minimum atomic E-state index is 0.246. The summed E-state index contributed by atoms with van der Waals surface area (Å²) in [4.78, 5) is 0. The fourth-order valence-electron chi connectivity index (χ4n) is 2.57. The van der Waals surface area contributed by atoms with Crippen LogP contribution in [0, 0.1) is 5.41 Å². The summed E-state index contributed by atoms with van der Waals surface area (Å²) in [6.45, 7) is 0. The van der Waals surface area contributed by atoms with E-state index in [1.165, 1.54) is 25.7 Å². The molecule has 0 heterocycles. The van der Waals surface area contributed by atoms with Gasteiger partial charge in [0.1, 0.15) is 0 Å². The van der Waals surface area contributed by atoms with Crippen LogP contribution in [-0.4, -0.2) is 5.88 Å². The summed E-state index contributed by atoms with van der Waals surface area (Å²) in [6.07, 6.45) is 5.93. The summed E-state index contributed by atoms with van der Waals surface area (Å²) in [5, 5.41) is 1.34. The molecule has 88 valence electrons. The molecule has 16 heavy (non-hydrogen) atoms. The molecule has 1 aliphatic carbocycles. The highest BCUT2D eigenvalue weighted by Gasteiger charge is 2.33. The van der Waals surface area contributed by atoms with Crippen LogP contribution in [0.3, 0.4) is 0 Å². The van der Waals surface area contributed by atoms with Crippen LogP contribution in [0.25, 0.3) is 0 Å². The molecule has 0 aromatic heterocycles. The van der Waals surface area contributed by atoms with Crippen LogP contribution in [0.4, 0.5) is 0 Å². The van der Waals surface area contributed by atoms with Crippen molar-refractivity contribution in [3.63, 3.8) is 0 Å². The molecule has 2 rings (SSSR count). The third kappa shape index (κ3) is 2.50. The number of hydrogen-bond donors (Lipinski definition) is 0. The molecular weight excluding hydrogens is 263 g/mol. The van der Waals surface area contributed by atoms with E-state index < -0.39 is 0 Å². The van der Waals surface area contributed by atoms with Gasteiger partial charge in [0, 0.05) is 5.88 Å². The van der Waals surface area contributed by atoms with Gasteiger partial charge in [-0.3, -0.25) is 0 Å². The maximum absolute atomic E-state index is 6.22. The molecule has 1 aromatic carbocycles. The maximum Gasteiger partial charge on any atom is 0.0624 e. The number of rotatable bonds is 3. The lowest BCUT2D eigenvalue weighted by molar-refractivity contribution is 0.341. The SMILES string of the molecule is ClCC1(Cc2cccc(Cl)c2Cl)CCCC1. The summed E-state index contributed by atoms with van der Waals surface area (Å²) >= 11 is 18.4. The fraction of sp³-hybridized carbons (Fsp3) is 0.538. The van der Waals surface area contributed by atoms with Crippen molar-refractivity contribution in [2.45, 2.75) is 32.1 Å². The standard InChI is InChI=1S/C13H15Cl3/c14-9-13(6-1-2-7-13)8-10-4-3-5-11(15)12(10)16/h3-5H,1-2,6-9H2. The molecule has 0 amide bonds. The zero-order chi connectivity index (χ0) is 11.6. The number of alkyl halides is 1. The Labute approximate surface area is 112 Å². The minimum Gasteiger partial charge on any atom is -0.126 e. The van der Waals surface area contributed by atoms with E-state index in [1.807, 2.05) is 12.1 Å². The highest BCUT2D eigenvalue weighted by molar-refractivity contribution is 6.42. The number of hydrogen-bond acceptors (Lipinski definition) is 0. The van der Waals surface area contributed by atoms with E-state index in [4.69, 9.17) is 34.8 Å². The second kappa shape index (κ2) is 5.16. The topological polar surface area (TPSA) is 0 Å². The van der Waals surface area contributed by atoms with Crippen LogP contribution in [0.15, 0.2) is 18.2 Å². The second-order valence-electron chi connectivity index (χ2n) is 4.73. The average Bonchev–Trinajstić information content (AvgIpc) is 2.74. The molecule has 1 aromatic rings. The van der Waals surface area contributed by atoms with Crippen molar-refractivity contribution in [3.05, 3.63) is 33.8 Å². The van der Waals surface area contributed by atoms with Crippen LogP contribution in [-0.2, 0) is 6.42 Å². The normalized spacial score (nSPS) is 18.9. The third-order valence-electron chi connectivity index (χ3n) is 3.54. The molecule has 0 unspecified atom stereocenters. The first-order valence-electron chi connectivity index (χ1n) is 5.66. The molecule has 0 spiro atoms. The van der Waals surface area contributed by atoms with E-state index in [9.17, 15) is 0 Å². The van der Waals surface area contributed by atoms with Crippen LogP contribution in [0.2, 0.25) is 10.0 Å². The van der Waals surface area contributed by atoms with Crippen molar-refractivity contribution >= 4 is 34.8 Å². The first-order valence-corrected chi connectivity index (χ1v) is 6.95. The smallest absolute Gasteiger partial charge is 0.0624 e. The van der Waals surface area contributed by atoms with Crippen LogP contribution in [0.5, 0.6) is 0 Å². The average molecular weight is 278 g/mol. The largest absolute Gasteiger partial charge is 0.126 e. The van der Waals surface area contributed by atoms with E-state index in [2.05, 4.69) is 6.07 Å². The fourth-order valence-corrected chi connectivity index (χ4v) is 3.32. The Hall–Kier alpha value is 0.0900. The second-order valence-corrected chi connectivity index (χ2v) is 5.78. The summed E-state index contributed by atoms with van der Waals surface area (Å²) in [5.74, 6) is 0.718. The minimum absolute atomic E-state index is 0.246. The van der Waals surface area contributed by atoms with Crippen molar-refractivity contribution in [3.8, 4) is 0 Å².